The summed E-state index contributed by atoms with van der Waals surface area (Å²) in [6.45, 7) is 3.98. The molecule has 3 nitrogen and oxygen atoms in total. The molecule has 1 rings (SSSR count). The summed E-state index contributed by atoms with van der Waals surface area (Å²) in [6.07, 6.45) is 4.14. The van der Waals surface area contributed by atoms with Crippen LogP contribution >= 0.6 is 0 Å². The molecule has 0 amide bonds. The molecule has 0 radical (unpaired) electrons. The van der Waals surface area contributed by atoms with Crippen molar-refractivity contribution >= 4 is 12.0 Å². The molecule has 1 aromatic rings. The van der Waals surface area contributed by atoms with Gasteiger partial charge in [-0.3, -0.25) is 4.79 Å². The van der Waals surface area contributed by atoms with Gasteiger partial charge in [-0.2, -0.15) is 0 Å². The summed E-state index contributed by atoms with van der Waals surface area (Å²) in [5, 5.41) is 0. The number of carbonyl (C=O) groups excluding carboxylic acids is 1. The molecule has 0 aliphatic carbocycles. The van der Waals surface area contributed by atoms with Gasteiger partial charge in [0.05, 0.1) is 19.6 Å². The molecule has 0 heterocycles. The van der Waals surface area contributed by atoms with E-state index in [0.717, 1.165) is 11.3 Å². The van der Waals surface area contributed by atoms with Crippen molar-refractivity contribution in [2.75, 3.05) is 7.11 Å². The highest BCUT2D eigenvalue weighted by atomic mass is 16.5. The van der Waals surface area contributed by atoms with Gasteiger partial charge in [0.1, 0.15) is 5.75 Å². The zero-order chi connectivity index (χ0) is 12.7. The lowest BCUT2D eigenvalue weighted by Crippen LogP contribution is -2.05. The molecule has 0 fully saturated rings. The van der Waals surface area contributed by atoms with Gasteiger partial charge in [0.25, 0.3) is 0 Å². The number of ether oxygens (including phenoxy) is 2. The third kappa shape index (κ3) is 5.20. The summed E-state index contributed by atoms with van der Waals surface area (Å²) in [5.41, 5.74) is 1.03. The van der Waals surface area contributed by atoms with Crippen molar-refractivity contribution in [2.24, 2.45) is 0 Å². The van der Waals surface area contributed by atoms with Crippen LogP contribution in [0.3, 0.4) is 0 Å². The van der Waals surface area contributed by atoms with Crippen LogP contribution in [0.4, 0.5) is 0 Å². The van der Waals surface area contributed by atoms with E-state index in [-0.39, 0.29) is 12.1 Å². The molecule has 0 atom stereocenters. The third-order valence-electron chi connectivity index (χ3n) is 2.07. The Morgan fingerprint density at radius 3 is 2.47 bits per heavy atom. The van der Waals surface area contributed by atoms with Crippen LogP contribution in [0, 0.1) is 0 Å². The van der Waals surface area contributed by atoms with Crippen molar-refractivity contribution in [3.8, 4) is 5.75 Å². The van der Waals surface area contributed by atoms with Crippen molar-refractivity contribution in [1.29, 1.82) is 0 Å². The topological polar surface area (TPSA) is 35.5 Å². The highest BCUT2D eigenvalue weighted by Gasteiger charge is 1.97. The second-order valence-electron chi connectivity index (χ2n) is 3.92. The summed E-state index contributed by atoms with van der Waals surface area (Å²) >= 11 is 0. The lowest BCUT2D eigenvalue weighted by Gasteiger charge is -2.09. The average Bonchev–Trinajstić information content (AvgIpc) is 2.30. The zero-order valence-electron chi connectivity index (χ0n) is 10.5. The van der Waals surface area contributed by atoms with Crippen molar-refractivity contribution in [3.05, 3.63) is 35.9 Å². The minimum absolute atomic E-state index is 0.177. The maximum atomic E-state index is 10.9. The summed E-state index contributed by atoms with van der Waals surface area (Å²) < 4.78 is 10.1. The first-order chi connectivity index (χ1) is 8.11. The molecule has 0 bridgehead atoms. The standard InChI is InChI=1S/C14H18O3/c1-11(2)17-13-9-7-12(8-10-13)5-4-6-14(15)16-3/h4-5,7-11H,6H2,1-3H3. The fourth-order valence-electron chi connectivity index (χ4n) is 1.30. The molecule has 0 aromatic heterocycles. The Labute approximate surface area is 102 Å². The largest absolute Gasteiger partial charge is 0.491 e. The van der Waals surface area contributed by atoms with Crippen LogP contribution in [0.1, 0.15) is 25.8 Å². The van der Waals surface area contributed by atoms with E-state index in [2.05, 4.69) is 4.74 Å². The molecular formula is C14H18O3. The summed E-state index contributed by atoms with van der Waals surface area (Å²) in [6, 6.07) is 7.73. The van der Waals surface area contributed by atoms with Crippen molar-refractivity contribution in [1.82, 2.24) is 0 Å². The number of methoxy groups -OCH3 is 1. The minimum atomic E-state index is -0.235. The predicted molar refractivity (Wildman–Crippen MR) is 67.9 cm³/mol. The van der Waals surface area contributed by atoms with Crippen LogP contribution in [-0.2, 0) is 9.53 Å². The number of hydrogen-bond donors (Lipinski definition) is 0. The van der Waals surface area contributed by atoms with Crippen molar-refractivity contribution < 1.29 is 14.3 Å². The first-order valence-corrected chi connectivity index (χ1v) is 5.62. The molecule has 92 valence electrons. The van der Waals surface area contributed by atoms with Gasteiger partial charge in [0, 0.05) is 0 Å². The Morgan fingerprint density at radius 1 is 1.29 bits per heavy atom. The predicted octanol–water partition coefficient (Wildman–Crippen LogP) is 3.05. The lowest BCUT2D eigenvalue weighted by molar-refractivity contribution is -0.139. The van der Waals surface area contributed by atoms with Crippen molar-refractivity contribution in [2.45, 2.75) is 26.4 Å². The number of esters is 1. The van der Waals surface area contributed by atoms with Crippen LogP contribution < -0.4 is 4.74 Å². The van der Waals surface area contributed by atoms with Crippen molar-refractivity contribution in [3.63, 3.8) is 0 Å². The Bertz CT molecular complexity index is 377. The van der Waals surface area contributed by atoms with E-state index in [9.17, 15) is 4.79 Å². The molecule has 3 heteroatoms. The molecule has 0 saturated heterocycles. The highest BCUT2D eigenvalue weighted by Crippen LogP contribution is 2.14. The van der Waals surface area contributed by atoms with Gasteiger partial charge in [-0.1, -0.05) is 24.3 Å². The number of rotatable bonds is 5. The molecule has 0 aliphatic heterocycles. The average molecular weight is 234 g/mol. The van der Waals surface area contributed by atoms with Gasteiger partial charge in [0.2, 0.25) is 0 Å². The van der Waals surface area contributed by atoms with E-state index in [1.165, 1.54) is 7.11 Å². The number of benzene rings is 1. The molecule has 17 heavy (non-hydrogen) atoms. The summed E-state index contributed by atoms with van der Waals surface area (Å²) in [5.74, 6) is 0.617. The van der Waals surface area contributed by atoms with Gasteiger partial charge in [-0.25, -0.2) is 0 Å². The highest BCUT2D eigenvalue weighted by molar-refractivity contribution is 5.72. The maximum absolute atomic E-state index is 10.9. The first kappa shape index (κ1) is 13.3. The van der Waals surface area contributed by atoms with Crippen LogP contribution in [0.5, 0.6) is 5.75 Å². The smallest absolute Gasteiger partial charge is 0.309 e. The van der Waals surface area contributed by atoms with Gasteiger partial charge >= 0.3 is 5.97 Å². The molecule has 0 spiro atoms. The molecular weight excluding hydrogens is 216 g/mol. The van der Waals surface area contributed by atoms with Gasteiger partial charge in [-0.05, 0) is 31.5 Å². The quantitative estimate of drug-likeness (QED) is 0.734. The summed E-state index contributed by atoms with van der Waals surface area (Å²) in [4.78, 5) is 10.9. The molecule has 0 saturated carbocycles. The van der Waals surface area contributed by atoms with Gasteiger partial charge < -0.3 is 9.47 Å². The van der Waals surface area contributed by atoms with E-state index in [1.807, 2.05) is 44.2 Å². The maximum Gasteiger partial charge on any atom is 0.309 e. The SMILES string of the molecule is COC(=O)CC=Cc1ccc(OC(C)C)cc1. The Balaban J connectivity index is 2.53. The first-order valence-electron chi connectivity index (χ1n) is 5.62. The molecule has 0 aliphatic rings. The van der Waals surface area contributed by atoms with E-state index in [1.54, 1.807) is 6.08 Å². The van der Waals surface area contributed by atoms with Gasteiger partial charge in [0.15, 0.2) is 0 Å². The Morgan fingerprint density at radius 2 is 1.94 bits per heavy atom. The normalized spacial score (nSPS) is 10.8. The fourth-order valence-corrected chi connectivity index (χ4v) is 1.30. The number of hydrogen-bond acceptors (Lipinski definition) is 3. The van der Waals surface area contributed by atoms with E-state index in [4.69, 9.17) is 4.74 Å². The minimum Gasteiger partial charge on any atom is -0.491 e. The van der Waals surface area contributed by atoms with Crippen LogP contribution in [0.2, 0.25) is 0 Å². The molecule has 0 unspecified atom stereocenters. The number of carbonyl (C=O) groups is 1. The Kier molecular flexibility index (Phi) is 5.27. The van der Waals surface area contributed by atoms with E-state index < -0.39 is 0 Å². The van der Waals surface area contributed by atoms with Gasteiger partial charge in [-0.15, -0.1) is 0 Å². The zero-order valence-corrected chi connectivity index (χ0v) is 10.5. The second kappa shape index (κ2) is 6.74. The third-order valence-corrected chi connectivity index (χ3v) is 2.07. The van der Waals surface area contributed by atoms with Crippen LogP contribution in [0.15, 0.2) is 30.3 Å². The molecule has 1 aromatic carbocycles. The summed E-state index contributed by atoms with van der Waals surface area (Å²) in [7, 11) is 1.38. The lowest BCUT2D eigenvalue weighted by atomic mass is 10.2. The second-order valence-corrected chi connectivity index (χ2v) is 3.92. The molecule has 0 N–H and O–H groups in total. The fraction of sp³-hybridized carbons (Fsp3) is 0.357. The van der Waals surface area contributed by atoms with E-state index >= 15 is 0 Å². The monoisotopic (exact) mass is 234 g/mol. The van der Waals surface area contributed by atoms with Crippen LogP contribution in [0.25, 0.3) is 6.08 Å². The Hall–Kier alpha value is -1.77. The van der Waals surface area contributed by atoms with E-state index in [0.29, 0.717) is 6.42 Å². The van der Waals surface area contributed by atoms with Crippen LogP contribution in [-0.4, -0.2) is 19.2 Å².